The normalized spacial score (nSPS) is 11.6. The molecule has 0 atom stereocenters. The predicted octanol–water partition coefficient (Wildman–Crippen LogP) is 3.01. The average molecular weight is 258 g/mol. The molecule has 0 radical (unpaired) electrons. The Morgan fingerprint density at radius 1 is 1.28 bits per heavy atom. The van der Waals surface area contributed by atoms with Crippen molar-refractivity contribution < 1.29 is 13.7 Å². The summed E-state index contributed by atoms with van der Waals surface area (Å²) >= 11 is 0. The molecular formula is C12H16F2N2O2. The highest BCUT2D eigenvalue weighted by molar-refractivity contribution is 5.37. The molecule has 0 aromatic heterocycles. The molecule has 0 unspecified atom stereocenters. The summed E-state index contributed by atoms with van der Waals surface area (Å²) in [4.78, 5) is 9.68. The maximum absolute atomic E-state index is 13.4. The molecule has 1 aromatic carbocycles. The lowest BCUT2D eigenvalue weighted by molar-refractivity contribution is -0.387. The van der Waals surface area contributed by atoms with Crippen LogP contribution in [-0.2, 0) is 6.54 Å². The first-order chi connectivity index (χ1) is 8.20. The summed E-state index contributed by atoms with van der Waals surface area (Å²) in [6, 6.07) is 1.48. The molecule has 6 heteroatoms. The first-order valence-electron chi connectivity index (χ1n) is 5.54. The highest BCUT2D eigenvalue weighted by Crippen LogP contribution is 2.21. The first kappa shape index (κ1) is 14.5. The van der Waals surface area contributed by atoms with Gasteiger partial charge in [0.2, 0.25) is 5.82 Å². The standard InChI is InChI=1S/C12H16F2N2O2/c1-12(2,3)7-15-6-8-4-11(16(17)18)10(14)5-9(8)13/h4-5,15H,6-7H2,1-3H3. The Balaban J connectivity index is 2.83. The molecule has 0 heterocycles. The lowest BCUT2D eigenvalue weighted by atomic mass is 9.97. The number of hydrogen-bond acceptors (Lipinski definition) is 3. The van der Waals surface area contributed by atoms with Crippen molar-refractivity contribution in [1.29, 1.82) is 0 Å². The molecule has 0 bridgehead atoms. The molecule has 1 rings (SSSR count). The fraction of sp³-hybridized carbons (Fsp3) is 0.500. The van der Waals surface area contributed by atoms with Crippen LogP contribution in [0.4, 0.5) is 14.5 Å². The number of benzene rings is 1. The van der Waals surface area contributed by atoms with Crippen LogP contribution in [0.2, 0.25) is 0 Å². The van der Waals surface area contributed by atoms with Gasteiger partial charge in [-0.3, -0.25) is 10.1 Å². The van der Waals surface area contributed by atoms with Crippen LogP contribution in [0.3, 0.4) is 0 Å². The zero-order valence-corrected chi connectivity index (χ0v) is 10.6. The number of nitrogens with zero attached hydrogens (tertiary/aromatic N) is 1. The van der Waals surface area contributed by atoms with E-state index in [0.717, 1.165) is 6.07 Å². The van der Waals surface area contributed by atoms with Crippen molar-refractivity contribution in [1.82, 2.24) is 5.32 Å². The Morgan fingerprint density at radius 2 is 1.89 bits per heavy atom. The van der Waals surface area contributed by atoms with Crippen molar-refractivity contribution in [2.45, 2.75) is 27.3 Å². The molecule has 0 aliphatic carbocycles. The zero-order chi connectivity index (χ0) is 13.9. The summed E-state index contributed by atoms with van der Waals surface area (Å²) in [5.41, 5.74) is -0.598. The Hall–Kier alpha value is -1.56. The predicted molar refractivity (Wildman–Crippen MR) is 64.2 cm³/mol. The van der Waals surface area contributed by atoms with Crippen molar-refractivity contribution in [2.24, 2.45) is 5.41 Å². The molecule has 0 aliphatic rings. The topological polar surface area (TPSA) is 55.2 Å². The Morgan fingerprint density at radius 3 is 2.39 bits per heavy atom. The van der Waals surface area contributed by atoms with E-state index in [2.05, 4.69) is 5.32 Å². The molecule has 4 nitrogen and oxygen atoms in total. The third kappa shape index (κ3) is 4.03. The van der Waals surface area contributed by atoms with E-state index >= 15 is 0 Å². The molecule has 0 aliphatic heterocycles. The second-order valence-corrected chi connectivity index (χ2v) is 5.32. The summed E-state index contributed by atoms with van der Waals surface area (Å²) < 4.78 is 26.5. The highest BCUT2D eigenvalue weighted by Gasteiger charge is 2.18. The van der Waals surface area contributed by atoms with E-state index in [1.54, 1.807) is 0 Å². The average Bonchev–Trinajstić information content (AvgIpc) is 2.18. The van der Waals surface area contributed by atoms with Gasteiger partial charge in [0.1, 0.15) is 5.82 Å². The Labute approximate surface area is 104 Å². The molecule has 100 valence electrons. The van der Waals surface area contributed by atoms with Gasteiger partial charge in [-0.15, -0.1) is 0 Å². The molecule has 0 amide bonds. The second kappa shape index (κ2) is 5.39. The van der Waals surface area contributed by atoms with E-state index in [9.17, 15) is 18.9 Å². The van der Waals surface area contributed by atoms with E-state index in [4.69, 9.17) is 0 Å². The third-order valence-corrected chi connectivity index (χ3v) is 2.28. The molecular weight excluding hydrogens is 242 g/mol. The number of hydrogen-bond donors (Lipinski definition) is 1. The molecule has 1 aromatic rings. The van der Waals surface area contributed by atoms with E-state index in [-0.39, 0.29) is 17.5 Å². The molecule has 0 saturated heterocycles. The zero-order valence-electron chi connectivity index (χ0n) is 10.6. The minimum Gasteiger partial charge on any atom is -0.312 e. The monoisotopic (exact) mass is 258 g/mol. The van der Waals surface area contributed by atoms with Crippen LogP contribution in [0, 0.1) is 27.2 Å². The smallest absolute Gasteiger partial charge is 0.305 e. The number of halogens is 2. The van der Waals surface area contributed by atoms with Crippen LogP contribution >= 0.6 is 0 Å². The summed E-state index contributed by atoms with van der Waals surface area (Å²) in [6.07, 6.45) is 0. The van der Waals surface area contributed by atoms with Crippen molar-refractivity contribution in [3.05, 3.63) is 39.4 Å². The summed E-state index contributed by atoms with van der Waals surface area (Å²) in [5.74, 6) is -1.93. The summed E-state index contributed by atoms with van der Waals surface area (Å²) in [5, 5.41) is 13.5. The molecule has 1 N–H and O–H groups in total. The van der Waals surface area contributed by atoms with Gasteiger partial charge in [-0.25, -0.2) is 4.39 Å². The molecule has 0 saturated carbocycles. The number of rotatable bonds is 4. The van der Waals surface area contributed by atoms with E-state index in [0.29, 0.717) is 12.6 Å². The SMILES string of the molecule is CC(C)(C)CNCc1cc([N+](=O)[O-])c(F)cc1F. The maximum atomic E-state index is 13.4. The van der Waals surface area contributed by atoms with Crippen molar-refractivity contribution in [3.63, 3.8) is 0 Å². The van der Waals surface area contributed by atoms with Gasteiger partial charge in [-0.2, -0.15) is 4.39 Å². The number of nitro groups is 1. The Bertz CT molecular complexity index is 456. The number of nitrogens with one attached hydrogen (secondary N) is 1. The second-order valence-electron chi connectivity index (χ2n) is 5.32. The first-order valence-corrected chi connectivity index (χ1v) is 5.54. The van der Waals surface area contributed by atoms with Crippen molar-refractivity contribution in [2.75, 3.05) is 6.54 Å². The van der Waals surface area contributed by atoms with Gasteiger partial charge in [-0.1, -0.05) is 20.8 Å². The van der Waals surface area contributed by atoms with Crippen LogP contribution in [0.15, 0.2) is 12.1 Å². The van der Waals surface area contributed by atoms with Crippen LogP contribution in [-0.4, -0.2) is 11.5 Å². The largest absolute Gasteiger partial charge is 0.312 e. The molecule has 18 heavy (non-hydrogen) atoms. The lowest BCUT2D eigenvalue weighted by Gasteiger charge is -2.18. The lowest BCUT2D eigenvalue weighted by Crippen LogP contribution is -2.26. The highest BCUT2D eigenvalue weighted by atomic mass is 19.1. The summed E-state index contributed by atoms with van der Waals surface area (Å²) in [7, 11) is 0. The van der Waals surface area contributed by atoms with Gasteiger partial charge < -0.3 is 5.32 Å². The van der Waals surface area contributed by atoms with Crippen molar-refractivity contribution in [3.8, 4) is 0 Å². The summed E-state index contributed by atoms with van der Waals surface area (Å²) in [6.45, 7) is 6.76. The third-order valence-electron chi connectivity index (χ3n) is 2.28. The molecule has 0 fully saturated rings. The van der Waals surface area contributed by atoms with Gasteiger partial charge in [0.15, 0.2) is 0 Å². The maximum Gasteiger partial charge on any atom is 0.305 e. The quantitative estimate of drug-likeness (QED) is 0.667. The Kier molecular flexibility index (Phi) is 4.34. The van der Waals surface area contributed by atoms with Gasteiger partial charge in [0.05, 0.1) is 4.92 Å². The van der Waals surface area contributed by atoms with E-state index in [1.165, 1.54) is 0 Å². The molecule has 0 spiro atoms. The van der Waals surface area contributed by atoms with Crippen molar-refractivity contribution >= 4 is 5.69 Å². The van der Waals surface area contributed by atoms with Gasteiger partial charge in [0.25, 0.3) is 0 Å². The fourth-order valence-electron chi connectivity index (χ4n) is 1.43. The van der Waals surface area contributed by atoms with Crippen LogP contribution < -0.4 is 5.32 Å². The van der Waals surface area contributed by atoms with E-state index < -0.39 is 22.2 Å². The van der Waals surface area contributed by atoms with Gasteiger partial charge >= 0.3 is 5.69 Å². The van der Waals surface area contributed by atoms with Crippen LogP contribution in [0.1, 0.15) is 26.3 Å². The van der Waals surface area contributed by atoms with Crippen LogP contribution in [0.5, 0.6) is 0 Å². The minimum absolute atomic E-state index is 0.0163. The van der Waals surface area contributed by atoms with Crippen LogP contribution in [0.25, 0.3) is 0 Å². The minimum atomic E-state index is -1.16. The fourth-order valence-corrected chi connectivity index (χ4v) is 1.43. The number of nitro benzene ring substituents is 1. The van der Waals surface area contributed by atoms with Gasteiger partial charge in [-0.05, 0) is 5.41 Å². The van der Waals surface area contributed by atoms with E-state index in [1.807, 2.05) is 20.8 Å². The van der Waals surface area contributed by atoms with Gasteiger partial charge in [0, 0.05) is 30.8 Å².